The maximum Gasteiger partial charge on any atom is 0.223 e. The summed E-state index contributed by atoms with van der Waals surface area (Å²) in [6.45, 7) is 5.69. The first-order valence-electron chi connectivity index (χ1n) is 7.15. The molecule has 0 N–H and O–H groups in total. The second-order valence-corrected chi connectivity index (χ2v) is 6.06. The number of amides is 1. The summed E-state index contributed by atoms with van der Waals surface area (Å²) < 4.78 is 1.10. The molecule has 0 bridgehead atoms. The standard InChI is InChI=1S/C16H22INO2/c1-3-11-18(12-4-2)16(20)10-9-15(19)13-5-7-14(17)8-6-13/h5-8H,3-4,9-12H2,1-2H3. The van der Waals surface area contributed by atoms with E-state index >= 15 is 0 Å². The number of hydrogen-bond acceptors (Lipinski definition) is 2. The Kier molecular flexibility index (Phi) is 7.80. The van der Waals surface area contributed by atoms with Gasteiger partial charge in [0.1, 0.15) is 0 Å². The predicted molar refractivity (Wildman–Crippen MR) is 89.9 cm³/mol. The maximum absolute atomic E-state index is 12.1. The Morgan fingerprint density at radius 1 is 1.00 bits per heavy atom. The first-order chi connectivity index (χ1) is 9.58. The summed E-state index contributed by atoms with van der Waals surface area (Å²) in [5, 5.41) is 0. The minimum Gasteiger partial charge on any atom is -0.343 e. The Balaban J connectivity index is 2.50. The van der Waals surface area contributed by atoms with Crippen molar-refractivity contribution < 1.29 is 9.59 Å². The van der Waals surface area contributed by atoms with Crippen molar-refractivity contribution in [3.05, 3.63) is 33.4 Å². The molecule has 0 radical (unpaired) electrons. The Bertz CT molecular complexity index is 436. The largest absolute Gasteiger partial charge is 0.343 e. The number of carbonyl (C=O) groups is 2. The van der Waals surface area contributed by atoms with Gasteiger partial charge in [0.25, 0.3) is 0 Å². The van der Waals surface area contributed by atoms with Gasteiger partial charge in [-0.3, -0.25) is 9.59 Å². The van der Waals surface area contributed by atoms with Crippen LogP contribution in [0.1, 0.15) is 49.9 Å². The number of hydrogen-bond donors (Lipinski definition) is 0. The van der Waals surface area contributed by atoms with Crippen molar-refractivity contribution in [1.82, 2.24) is 4.90 Å². The normalized spacial score (nSPS) is 10.3. The van der Waals surface area contributed by atoms with Crippen LogP contribution in [0.3, 0.4) is 0 Å². The zero-order valence-corrected chi connectivity index (χ0v) is 14.4. The summed E-state index contributed by atoms with van der Waals surface area (Å²) in [6, 6.07) is 7.47. The van der Waals surface area contributed by atoms with Gasteiger partial charge in [-0.2, -0.15) is 0 Å². The van der Waals surface area contributed by atoms with Crippen molar-refractivity contribution in [2.24, 2.45) is 0 Å². The highest BCUT2D eigenvalue weighted by Gasteiger charge is 2.14. The number of Topliss-reactive ketones (excluding diaryl/α,β-unsaturated/α-hetero) is 1. The minimum atomic E-state index is 0.0442. The summed E-state index contributed by atoms with van der Waals surface area (Å²) in [4.78, 5) is 26.0. The van der Waals surface area contributed by atoms with E-state index in [1.807, 2.05) is 29.2 Å². The lowest BCUT2D eigenvalue weighted by molar-refractivity contribution is -0.131. The molecule has 0 saturated carbocycles. The molecule has 0 heterocycles. The number of ketones is 1. The van der Waals surface area contributed by atoms with Crippen LogP contribution in [-0.2, 0) is 4.79 Å². The lowest BCUT2D eigenvalue weighted by Crippen LogP contribution is -2.32. The van der Waals surface area contributed by atoms with E-state index in [0.717, 1.165) is 29.5 Å². The van der Waals surface area contributed by atoms with Crippen molar-refractivity contribution >= 4 is 34.3 Å². The van der Waals surface area contributed by atoms with Crippen molar-refractivity contribution in [2.75, 3.05) is 13.1 Å². The van der Waals surface area contributed by atoms with E-state index in [4.69, 9.17) is 0 Å². The van der Waals surface area contributed by atoms with Gasteiger partial charge in [-0.1, -0.05) is 26.0 Å². The molecule has 0 saturated heterocycles. The average Bonchev–Trinajstić information content (AvgIpc) is 2.45. The van der Waals surface area contributed by atoms with Crippen LogP contribution in [0.5, 0.6) is 0 Å². The first-order valence-corrected chi connectivity index (χ1v) is 8.22. The third kappa shape index (κ3) is 5.61. The van der Waals surface area contributed by atoms with Crippen LogP contribution in [0.2, 0.25) is 0 Å². The molecule has 20 heavy (non-hydrogen) atoms. The van der Waals surface area contributed by atoms with Gasteiger partial charge in [0.2, 0.25) is 5.91 Å². The molecule has 110 valence electrons. The van der Waals surface area contributed by atoms with E-state index in [9.17, 15) is 9.59 Å². The highest BCUT2D eigenvalue weighted by atomic mass is 127. The minimum absolute atomic E-state index is 0.0442. The van der Waals surface area contributed by atoms with E-state index in [1.54, 1.807) is 0 Å². The molecular weight excluding hydrogens is 365 g/mol. The van der Waals surface area contributed by atoms with Gasteiger partial charge in [0.05, 0.1) is 0 Å². The molecule has 0 spiro atoms. The van der Waals surface area contributed by atoms with Crippen LogP contribution >= 0.6 is 22.6 Å². The van der Waals surface area contributed by atoms with E-state index < -0.39 is 0 Å². The molecule has 1 aromatic rings. The van der Waals surface area contributed by atoms with Crippen LogP contribution in [-0.4, -0.2) is 29.7 Å². The Hall–Kier alpha value is -0.910. The lowest BCUT2D eigenvalue weighted by Gasteiger charge is -2.21. The van der Waals surface area contributed by atoms with Gasteiger partial charge >= 0.3 is 0 Å². The Morgan fingerprint density at radius 2 is 1.55 bits per heavy atom. The predicted octanol–water partition coefficient (Wildman–Crippen LogP) is 3.90. The maximum atomic E-state index is 12.1. The number of rotatable bonds is 8. The van der Waals surface area contributed by atoms with Gasteiger partial charge in [0.15, 0.2) is 5.78 Å². The van der Waals surface area contributed by atoms with E-state index in [0.29, 0.717) is 18.4 Å². The van der Waals surface area contributed by atoms with E-state index in [1.165, 1.54) is 0 Å². The van der Waals surface area contributed by atoms with Crippen LogP contribution in [0.4, 0.5) is 0 Å². The smallest absolute Gasteiger partial charge is 0.223 e. The molecule has 0 aromatic heterocycles. The molecular formula is C16H22INO2. The number of halogens is 1. The van der Waals surface area contributed by atoms with Gasteiger partial charge in [-0.25, -0.2) is 0 Å². The fraction of sp³-hybridized carbons (Fsp3) is 0.500. The van der Waals surface area contributed by atoms with Gasteiger partial charge < -0.3 is 4.90 Å². The molecule has 0 aliphatic carbocycles. The van der Waals surface area contributed by atoms with Gasteiger partial charge in [-0.05, 0) is 47.6 Å². The fourth-order valence-electron chi connectivity index (χ4n) is 2.06. The van der Waals surface area contributed by atoms with Crippen molar-refractivity contribution in [1.29, 1.82) is 0 Å². The van der Waals surface area contributed by atoms with E-state index in [2.05, 4.69) is 36.4 Å². The summed E-state index contributed by atoms with van der Waals surface area (Å²) >= 11 is 2.21. The van der Waals surface area contributed by atoms with Crippen molar-refractivity contribution in [3.8, 4) is 0 Å². The highest BCUT2D eigenvalue weighted by Crippen LogP contribution is 2.11. The third-order valence-corrected chi connectivity index (χ3v) is 3.79. The summed E-state index contributed by atoms with van der Waals surface area (Å²) in [6.07, 6.45) is 2.52. The van der Waals surface area contributed by atoms with Crippen molar-refractivity contribution in [2.45, 2.75) is 39.5 Å². The van der Waals surface area contributed by atoms with Crippen LogP contribution < -0.4 is 0 Å². The molecule has 1 amide bonds. The molecule has 0 fully saturated rings. The fourth-order valence-corrected chi connectivity index (χ4v) is 2.42. The van der Waals surface area contributed by atoms with E-state index in [-0.39, 0.29) is 11.7 Å². The highest BCUT2D eigenvalue weighted by molar-refractivity contribution is 14.1. The summed E-state index contributed by atoms with van der Waals surface area (Å²) in [5.41, 5.74) is 0.691. The molecule has 1 rings (SSSR count). The third-order valence-electron chi connectivity index (χ3n) is 3.07. The van der Waals surface area contributed by atoms with Gasteiger partial charge in [0, 0.05) is 35.1 Å². The van der Waals surface area contributed by atoms with Crippen LogP contribution in [0.15, 0.2) is 24.3 Å². The second kappa shape index (κ2) is 9.10. The van der Waals surface area contributed by atoms with Crippen LogP contribution in [0, 0.1) is 3.57 Å². The Morgan fingerprint density at radius 3 is 2.05 bits per heavy atom. The van der Waals surface area contributed by atoms with Crippen LogP contribution in [0.25, 0.3) is 0 Å². The SMILES string of the molecule is CCCN(CCC)C(=O)CCC(=O)c1ccc(I)cc1. The quantitative estimate of drug-likeness (QED) is 0.501. The number of nitrogens with zero attached hydrogens (tertiary/aromatic N) is 1. The Labute approximate surface area is 134 Å². The zero-order chi connectivity index (χ0) is 15.0. The molecule has 0 aliphatic rings. The molecule has 4 heteroatoms. The summed E-state index contributed by atoms with van der Waals surface area (Å²) in [5.74, 6) is 0.134. The topological polar surface area (TPSA) is 37.4 Å². The summed E-state index contributed by atoms with van der Waals surface area (Å²) in [7, 11) is 0. The average molecular weight is 387 g/mol. The first kappa shape index (κ1) is 17.1. The molecule has 0 aliphatic heterocycles. The number of benzene rings is 1. The second-order valence-electron chi connectivity index (χ2n) is 4.81. The molecule has 0 atom stereocenters. The van der Waals surface area contributed by atoms with Crippen molar-refractivity contribution in [3.63, 3.8) is 0 Å². The lowest BCUT2D eigenvalue weighted by atomic mass is 10.1. The molecule has 0 unspecified atom stereocenters. The monoisotopic (exact) mass is 387 g/mol. The molecule has 1 aromatic carbocycles. The zero-order valence-electron chi connectivity index (χ0n) is 12.2. The number of carbonyl (C=O) groups excluding carboxylic acids is 2. The molecule has 3 nitrogen and oxygen atoms in total. The van der Waals surface area contributed by atoms with Gasteiger partial charge in [-0.15, -0.1) is 0 Å².